The number of nitrogens with two attached hydrogens (primary N) is 1. The van der Waals surface area contributed by atoms with Crippen molar-refractivity contribution in [1.29, 1.82) is 0 Å². The second kappa shape index (κ2) is 6.87. The van der Waals surface area contributed by atoms with E-state index in [-0.39, 0.29) is 12.0 Å². The number of hydrogen-bond donors (Lipinski definition) is 2. The second-order valence-electron chi connectivity index (χ2n) is 5.72. The zero-order chi connectivity index (χ0) is 16.2. The maximum absolute atomic E-state index is 10.9. The average molecular weight is 318 g/mol. The highest BCUT2D eigenvalue weighted by molar-refractivity contribution is 6.33. The molecule has 7 nitrogen and oxygen atoms in total. The van der Waals surface area contributed by atoms with Crippen LogP contribution in [0.3, 0.4) is 0 Å². The lowest BCUT2D eigenvalue weighted by atomic mass is 10.2. The topological polar surface area (TPSA) is 91.4 Å². The summed E-state index contributed by atoms with van der Waals surface area (Å²) in [6.07, 6.45) is 1.57. The number of morpholine rings is 1. The number of carboxylic acid groups (broad SMARTS) is 1. The van der Waals surface area contributed by atoms with Crippen molar-refractivity contribution >= 4 is 23.2 Å². The van der Waals surface area contributed by atoms with Gasteiger partial charge in [0.25, 0.3) is 0 Å². The van der Waals surface area contributed by atoms with Gasteiger partial charge in [0.05, 0.1) is 24.6 Å². The van der Waals surface area contributed by atoms with Crippen LogP contribution < -0.4 is 15.5 Å². The molecular weight excluding hydrogens is 296 g/mol. The smallest absolute Gasteiger partial charge is 0.371 e. The zero-order valence-electron chi connectivity index (χ0n) is 13.0. The number of amidine groups is 1. The summed E-state index contributed by atoms with van der Waals surface area (Å²) in [5.41, 5.74) is 7.74. The molecule has 0 radical (unpaired) electrons. The largest absolute Gasteiger partial charge is 0.475 e. The monoisotopic (exact) mass is 318 g/mol. The molecule has 7 heteroatoms. The van der Waals surface area contributed by atoms with Crippen molar-refractivity contribution in [2.45, 2.75) is 19.0 Å². The molecule has 1 atom stereocenters. The number of nitrogens with zero attached hydrogens (tertiary/aromatic N) is 3. The minimum Gasteiger partial charge on any atom is -0.475 e. The van der Waals surface area contributed by atoms with Crippen molar-refractivity contribution in [2.24, 2.45) is 10.7 Å². The van der Waals surface area contributed by atoms with E-state index in [0.717, 1.165) is 57.1 Å². The Morgan fingerprint density at radius 1 is 1.22 bits per heavy atom. The van der Waals surface area contributed by atoms with Gasteiger partial charge in [-0.15, -0.1) is 0 Å². The minimum absolute atomic E-state index is 0.215. The van der Waals surface area contributed by atoms with Gasteiger partial charge in [-0.2, -0.15) is 0 Å². The molecule has 2 aliphatic rings. The average Bonchev–Trinajstić information content (AvgIpc) is 3.03. The maximum Gasteiger partial charge on any atom is 0.371 e. The lowest BCUT2D eigenvalue weighted by Crippen LogP contribution is -2.38. The van der Waals surface area contributed by atoms with Crippen molar-refractivity contribution in [3.8, 4) is 0 Å². The van der Waals surface area contributed by atoms with Crippen molar-refractivity contribution in [3.63, 3.8) is 0 Å². The fourth-order valence-electron chi connectivity index (χ4n) is 3.16. The Labute approximate surface area is 135 Å². The summed E-state index contributed by atoms with van der Waals surface area (Å²) in [4.78, 5) is 19.6. The zero-order valence-corrected chi connectivity index (χ0v) is 13.0. The van der Waals surface area contributed by atoms with Crippen molar-refractivity contribution in [2.75, 3.05) is 42.6 Å². The molecule has 3 N–H and O–H groups in total. The second-order valence-corrected chi connectivity index (χ2v) is 5.72. The molecule has 124 valence electrons. The van der Waals surface area contributed by atoms with Gasteiger partial charge in [0.2, 0.25) is 5.84 Å². The van der Waals surface area contributed by atoms with Gasteiger partial charge in [0, 0.05) is 19.6 Å². The van der Waals surface area contributed by atoms with Crippen LogP contribution in [0.15, 0.2) is 29.3 Å². The Hall–Kier alpha value is -2.28. The Kier molecular flexibility index (Phi) is 4.66. The van der Waals surface area contributed by atoms with E-state index in [1.807, 2.05) is 12.1 Å². The summed E-state index contributed by atoms with van der Waals surface area (Å²) in [6.45, 7) is 4.01. The summed E-state index contributed by atoms with van der Waals surface area (Å²) in [5, 5.41) is 8.96. The highest BCUT2D eigenvalue weighted by Crippen LogP contribution is 2.35. The van der Waals surface area contributed by atoms with Crippen LogP contribution in [-0.2, 0) is 9.53 Å². The number of ether oxygens (including phenoxy) is 1. The number of aliphatic carboxylic acids is 1. The third-order valence-corrected chi connectivity index (χ3v) is 4.27. The molecule has 2 aliphatic heterocycles. The Balaban J connectivity index is 1.88. The molecule has 2 saturated heterocycles. The van der Waals surface area contributed by atoms with E-state index in [1.54, 1.807) is 0 Å². The molecule has 0 spiro atoms. The summed E-state index contributed by atoms with van der Waals surface area (Å²) >= 11 is 0. The molecule has 0 bridgehead atoms. The lowest BCUT2D eigenvalue weighted by Gasteiger charge is -2.34. The predicted molar refractivity (Wildman–Crippen MR) is 89.1 cm³/mol. The molecule has 2 fully saturated rings. The first-order chi connectivity index (χ1) is 11.2. The van der Waals surface area contributed by atoms with Crippen molar-refractivity contribution < 1.29 is 14.6 Å². The fourth-order valence-corrected chi connectivity index (χ4v) is 3.16. The molecule has 1 unspecified atom stereocenters. The molecule has 1 aromatic rings. The highest BCUT2D eigenvalue weighted by Gasteiger charge is 2.28. The third-order valence-electron chi connectivity index (χ3n) is 4.27. The highest BCUT2D eigenvalue weighted by atomic mass is 16.5. The van der Waals surface area contributed by atoms with Gasteiger partial charge < -0.3 is 25.4 Å². The molecule has 0 aliphatic carbocycles. The summed E-state index contributed by atoms with van der Waals surface area (Å²) in [7, 11) is 0. The van der Waals surface area contributed by atoms with Gasteiger partial charge >= 0.3 is 5.97 Å². The van der Waals surface area contributed by atoms with Gasteiger partial charge in [0.1, 0.15) is 6.17 Å². The first-order valence-corrected chi connectivity index (χ1v) is 7.92. The molecule has 0 saturated carbocycles. The first-order valence-electron chi connectivity index (χ1n) is 7.92. The van der Waals surface area contributed by atoms with E-state index in [4.69, 9.17) is 15.6 Å². The number of rotatable bonds is 3. The number of hydrogen-bond acceptors (Lipinski definition) is 5. The predicted octanol–water partition coefficient (Wildman–Crippen LogP) is 0.891. The molecular formula is C16H22N4O3. The van der Waals surface area contributed by atoms with E-state index < -0.39 is 5.97 Å². The van der Waals surface area contributed by atoms with Crippen LogP contribution in [0.5, 0.6) is 0 Å². The van der Waals surface area contributed by atoms with Crippen LogP contribution in [0.4, 0.5) is 11.4 Å². The Bertz CT molecular complexity index is 599. The standard InChI is InChI=1S/C16H22N4O3/c17-15(16(21)22)18-14-6-3-7-20(14)13-5-2-1-4-12(13)19-8-10-23-11-9-19/h1-2,4-5,14H,3,6-11H2,(H2,17,18)(H,21,22). The summed E-state index contributed by atoms with van der Waals surface area (Å²) in [5.74, 6) is -1.50. The number of para-hydroxylation sites is 2. The van der Waals surface area contributed by atoms with Crippen LogP contribution >= 0.6 is 0 Å². The van der Waals surface area contributed by atoms with Crippen molar-refractivity contribution in [3.05, 3.63) is 24.3 Å². The number of aliphatic imine (C=N–C) groups is 1. The SMILES string of the molecule is N/C(=N\C1CCCN1c1ccccc1N1CCOCC1)C(=O)O. The van der Waals surface area contributed by atoms with Gasteiger partial charge in [-0.05, 0) is 25.0 Å². The fraction of sp³-hybridized carbons (Fsp3) is 0.500. The molecule has 3 rings (SSSR count). The van der Waals surface area contributed by atoms with Gasteiger partial charge in [0.15, 0.2) is 0 Å². The summed E-state index contributed by atoms with van der Waals surface area (Å²) in [6, 6.07) is 8.18. The maximum atomic E-state index is 10.9. The molecule has 2 heterocycles. The number of carbonyl (C=O) groups is 1. The van der Waals surface area contributed by atoms with E-state index >= 15 is 0 Å². The summed E-state index contributed by atoms with van der Waals surface area (Å²) < 4.78 is 5.43. The van der Waals surface area contributed by atoms with Crippen LogP contribution in [0.25, 0.3) is 0 Å². The van der Waals surface area contributed by atoms with Crippen LogP contribution in [0, 0.1) is 0 Å². The number of carboxylic acids is 1. The molecule has 0 aromatic heterocycles. The molecule has 23 heavy (non-hydrogen) atoms. The number of anilines is 2. The molecule has 1 aromatic carbocycles. The third kappa shape index (κ3) is 3.39. The van der Waals surface area contributed by atoms with Crippen molar-refractivity contribution in [1.82, 2.24) is 0 Å². The van der Waals surface area contributed by atoms with E-state index in [2.05, 4.69) is 26.9 Å². The molecule has 0 amide bonds. The Morgan fingerprint density at radius 2 is 1.91 bits per heavy atom. The minimum atomic E-state index is -1.17. The van der Waals surface area contributed by atoms with E-state index in [9.17, 15) is 4.79 Å². The van der Waals surface area contributed by atoms with E-state index in [0.29, 0.717) is 0 Å². The van der Waals surface area contributed by atoms with Crippen LogP contribution in [0.1, 0.15) is 12.8 Å². The van der Waals surface area contributed by atoms with Crippen LogP contribution in [0.2, 0.25) is 0 Å². The van der Waals surface area contributed by atoms with Gasteiger partial charge in [-0.1, -0.05) is 12.1 Å². The quantitative estimate of drug-likeness (QED) is 0.635. The number of benzene rings is 1. The Morgan fingerprint density at radius 3 is 2.61 bits per heavy atom. The van der Waals surface area contributed by atoms with Gasteiger partial charge in [-0.25, -0.2) is 9.79 Å². The normalized spacial score (nSPS) is 22.4. The first kappa shape index (κ1) is 15.6. The van der Waals surface area contributed by atoms with Crippen LogP contribution in [-0.4, -0.2) is 55.9 Å². The van der Waals surface area contributed by atoms with E-state index in [1.165, 1.54) is 0 Å². The van der Waals surface area contributed by atoms with Gasteiger partial charge in [-0.3, -0.25) is 0 Å². The lowest BCUT2D eigenvalue weighted by molar-refractivity contribution is -0.129.